The fraction of sp³-hybridized carbons (Fsp3) is 0.412. The number of rotatable bonds is 4. The van der Waals surface area contributed by atoms with Gasteiger partial charge in [0.25, 0.3) is 11.1 Å². The average Bonchev–Trinajstić information content (AvgIpc) is 3.18. The van der Waals surface area contributed by atoms with Gasteiger partial charge in [0.15, 0.2) is 0 Å². The van der Waals surface area contributed by atoms with Gasteiger partial charge in [0.05, 0.1) is 6.20 Å². The number of piperidine rings is 1. The lowest BCUT2D eigenvalue weighted by Crippen LogP contribution is -2.47. The molecule has 1 N–H and O–H groups in total. The predicted octanol–water partition coefficient (Wildman–Crippen LogP) is 2.65. The Morgan fingerprint density at radius 1 is 1.30 bits per heavy atom. The van der Waals surface area contributed by atoms with Gasteiger partial charge in [-0.3, -0.25) is 4.79 Å². The van der Waals surface area contributed by atoms with Crippen molar-refractivity contribution >= 4 is 17.7 Å². The van der Waals surface area contributed by atoms with E-state index in [0.29, 0.717) is 10.8 Å². The Hall–Kier alpha value is -1.79. The number of nitrogens with zero attached hydrogens (tertiary/aromatic N) is 2. The topological polar surface area (TPSA) is 58.4 Å². The third-order valence-corrected chi connectivity index (χ3v) is 5.42. The number of oxazole rings is 1. The second kappa shape index (κ2) is 6.37. The molecular formula is C17H19N3O2S. The quantitative estimate of drug-likeness (QED) is 0.934. The van der Waals surface area contributed by atoms with Gasteiger partial charge >= 0.3 is 0 Å². The van der Waals surface area contributed by atoms with Crippen LogP contribution in [0.4, 0.5) is 0 Å². The standard InChI is InChI=1S/C17H19N3O2S/c21-16(19-14-9-12-5-7-20(10-12)11-14)13-1-3-15(4-2-13)23-17-18-6-8-22-17/h1-4,6,8,12,14H,5,7,9-11H2,(H,19,21)/t12-,14+/m0/s1. The summed E-state index contributed by atoms with van der Waals surface area (Å²) in [6, 6.07) is 7.86. The van der Waals surface area contributed by atoms with Crippen LogP contribution in [-0.2, 0) is 0 Å². The molecular weight excluding hydrogens is 310 g/mol. The van der Waals surface area contributed by atoms with Crippen molar-refractivity contribution < 1.29 is 9.21 Å². The van der Waals surface area contributed by atoms with E-state index in [-0.39, 0.29) is 11.9 Å². The number of hydrogen-bond donors (Lipinski definition) is 1. The van der Waals surface area contributed by atoms with Gasteiger partial charge in [0.1, 0.15) is 6.26 Å². The summed E-state index contributed by atoms with van der Waals surface area (Å²) in [5.74, 6) is 0.777. The van der Waals surface area contributed by atoms with Crippen molar-refractivity contribution in [2.45, 2.75) is 29.0 Å². The molecule has 2 fully saturated rings. The number of amides is 1. The molecule has 0 radical (unpaired) electrons. The highest BCUT2D eigenvalue weighted by Gasteiger charge is 2.32. The lowest BCUT2D eigenvalue weighted by molar-refractivity contribution is 0.0909. The Morgan fingerprint density at radius 3 is 2.91 bits per heavy atom. The van der Waals surface area contributed by atoms with Crippen molar-refractivity contribution in [1.82, 2.24) is 15.2 Å². The molecule has 3 heterocycles. The second-order valence-electron chi connectivity index (χ2n) is 6.24. The van der Waals surface area contributed by atoms with Crippen molar-refractivity contribution in [2.24, 2.45) is 5.92 Å². The Balaban J connectivity index is 1.36. The van der Waals surface area contributed by atoms with Crippen LogP contribution in [-0.4, -0.2) is 41.5 Å². The van der Waals surface area contributed by atoms with Crippen molar-refractivity contribution in [3.05, 3.63) is 42.3 Å². The molecule has 1 aromatic carbocycles. The molecule has 3 atom stereocenters. The summed E-state index contributed by atoms with van der Waals surface area (Å²) < 4.78 is 5.21. The fourth-order valence-electron chi connectivity index (χ4n) is 3.47. The van der Waals surface area contributed by atoms with E-state index in [1.807, 2.05) is 24.3 Å². The highest BCUT2D eigenvalue weighted by Crippen LogP contribution is 2.28. The molecule has 4 rings (SSSR count). The maximum absolute atomic E-state index is 12.4. The molecule has 2 aromatic rings. The zero-order valence-electron chi connectivity index (χ0n) is 12.8. The second-order valence-corrected chi connectivity index (χ2v) is 7.27. The number of benzene rings is 1. The summed E-state index contributed by atoms with van der Waals surface area (Å²) in [5.41, 5.74) is 0.703. The molecule has 1 unspecified atom stereocenters. The van der Waals surface area contributed by atoms with Gasteiger partial charge in [0.2, 0.25) is 0 Å². The molecule has 1 amide bonds. The third kappa shape index (κ3) is 3.43. The molecule has 6 heteroatoms. The summed E-state index contributed by atoms with van der Waals surface area (Å²) in [4.78, 5) is 19.9. The van der Waals surface area contributed by atoms with Crippen LogP contribution in [0.1, 0.15) is 23.2 Å². The number of fused-ring (bicyclic) bond motifs is 2. The van der Waals surface area contributed by atoms with Gasteiger partial charge in [-0.1, -0.05) is 0 Å². The number of carbonyl (C=O) groups is 1. The van der Waals surface area contributed by atoms with Crippen molar-refractivity contribution in [1.29, 1.82) is 0 Å². The molecule has 5 nitrogen and oxygen atoms in total. The molecule has 0 saturated carbocycles. The maximum atomic E-state index is 12.4. The van der Waals surface area contributed by atoms with Crippen molar-refractivity contribution in [3.63, 3.8) is 0 Å². The first kappa shape index (κ1) is 14.8. The average molecular weight is 329 g/mol. The van der Waals surface area contributed by atoms with E-state index in [0.717, 1.165) is 23.8 Å². The lowest BCUT2D eigenvalue weighted by atomic mass is 9.96. The van der Waals surface area contributed by atoms with Crippen LogP contribution in [0.5, 0.6) is 0 Å². The molecule has 2 bridgehead atoms. The van der Waals surface area contributed by atoms with Crippen LogP contribution in [0.15, 0.2) is 51.3 Å². The smallest absolute Gasteiger partial charge is 0.260 e. The van der Waals surface area contributed by atoms with E-state index in [1.54, 1.807) is 12.5 Å². The van der Waals surface area contributed by atoms with Crippen LogP contribution < -0.4 is 5.32 Å². The SMILES string of the molecule is O=C(N[C@@H]1C[C@@H]2CCN(C2)C1)c1ccc(Sc2ncco2)cc1. The van der Waals surface area contributed by atoms with Gasteiger partial charge in [-0.2, -0.15) is 0 Å². The highest BCUT2D eigenvalue weighted by atomic mass is 32.2. The van der Waals surface area contributed by atoms with Gasteiger partial charge in [-0.05, 0) is 61.3 Å². The van der Waals surface area contributed by atoms with E-state index < -0.39 is 0 Å². The monoisotopic (exact) mass is 329 g/mol. The fourth-order valence-corrected chi connectivity index (χ4v) is 4.16. The van der Waals surface area contributed by atoms with Crippen molar-refractivity contribution in [3.8, 4) is 0 Å². The Morgan fingerprint density at radius 2 is 2.17 bits per heavy atom. The first-order chi connectivity index (χ1) is 11.3. The molecule has 2 aliphatic rings. The van der Waals surface area contributed by atoms with Crippen LogP contribution in [0.25, 0.3) is 0 Å². The minimum Gasteiger partial charge on any atom is -0.440 e. The molecule has 23 heavy (non-hydrogen) atoms. The number of aromatic nitrogens is 1. The van der Waals surface area contributed by atoms with Gasteiger partial charge < -0.3 is 14.6 Å². The Bertz CT molecular complexity index is 660. The third-order valence-electron chi connectivity index (χ3n) is 4.53. The van der Waals surface area contributed by atoms with Crippen LogP contribution >= 0.6 is 11.8 Å². The molecule has 2 saturated heterocycles. The zero-order chi connectivity index (χ0) is 15.6. The Labute approximate surface area is 139 Å². The molecule has 0 spiro atoms. The van der Waals surface area contributed by atoms with Gasteiger partial charge in [0, 0.05) is 29.6 Å². The van der Waals surface area contributed by atoms with E-state index in [2.05, 4.69) is 15.2 Å². The zero-order valence-corrected chi connectivity index (χ0v) is 13.6. The normalized spacial score (nSPS) is 26.2. The minimum atomic E-state index is 0.0187. The first-order valence-electron chi connectivity index (χ1n) is 7.97. The maximum Gasteiger partial charge on any atom is 0.260 e. The van der Waals surface area contributed by atoms with E-state index in [1.165, 1.54) is 31.3 Å². The summed E-state index contributed by atoms with van der Waals surface area (Å²) >= 11 is 1.44. The van der Waals surface area contributed by atoms with E-state index in [9.17, 15) is 4.79 Å². The molecule has 2 aliphatic heterocycles. The molecule has 0 aliphatic carbocycles. The van der Waals surface area contributed by atoms with Crippen LogP contribution in [0.3, 0.4) is 0 Å². The summed E-state index contributed by atoms with van der Waals surface area (Å²) in [5, 5.41) is 3.79. The van der Waals surface area contributed by atoms with Crippen LogP contribution in [0, 0.1) is 5.92 Å². The van der Waals surface area contributed by atoms with Crippen LogP contribution in [0.2, 0.25) is 0 Å². The predicted molar refractivity (Wildman–Crippen MR) is 87.5 cm³/mol. The summed E-state index contributed by atoms with van der Waals surface area (Å²) in [6.45, 7) is 3.38. The highest BCUT2D eigenvalue weighted by molar-refractivity contribution is 7.99. The van der Waals surface area contributed by atoms with Crippen molar-refractivity contribution in [2.75, 3.05) is 19.6 Å². The number of carbonyl (C=O) groups excluding carboxylic acids is 1. The summed E-state index contributed by atoms with van der Waals surface area (Å²) in [7, 11) is 0. The van der Waals surface area contributed by atoms with E-state index in [4.69, 9.17) is 4.42 Å². The van der Waals surface area contributed by atoms with Gasteiger partial charge in [-0.25, -0.2) is 4.98 Å². The van der Waals surface area contributed by atoms with Gasteiger partial charge in [-0.15, -0.1) is 0 Å². The number of hydrogen-bond acceptors (Lipinski definition) is 5. The van der Waals surface area contributed by atoms with E-state index >= 15 is 0 Å². The Kier molecular flexibility index (Phi) is 4.10. The lowest BCUT2D eigenvalue weighted by Gasteiger charge is -2.30. The largest absolute Gasteiger partial charge is 0.440 e. The summed E-state index contributed by atoms with van der Waals surface area (Å²) in [6.07, 6.45) is 5.56. The molecule has 1 aromatic heterocycles. The number of nitrogens with one attached hydrogen (secondary N) is 1. The minimum absolute atomic E-state index is 0.0187. The molecule has 120 valence electrons. The first-order valence-corrected chi connectivity index (χ1v) is 8.78.